The maximum absolute atomic E-state index is 12.7. The van der Waals surface area contributed by atoms with E-state index in [0.717, 1.165) is 10.5 Å². The van der Waals surface area contributed by atoms with E-state index >= 15 is 0 Å². The molecule has 4 rings (SSSR count). The summed E-state index contributed by atoms with van der Waals surface area (Å²) in [6.07, 6.45) is 0.915. The van der Waals surface area contributed by atoms with Crippen LogP contribution in [0.15, 0.2) is 53.4 Å². The van der Waals surface area contributed by atoms with Crippen LogP contribution in [0.1, 0.15) is 39.1 Å². The van der Waals surface area contributed by atoms with E-state index in [1.807, 2.05) is 6.92 Å². The first kappa shape index (κ1) is 21.2. The number of sulfonamides is 1. The van der Waals surface area contributed by atoms with E-state index in [9.17, 15) is 22.8 Å². The Morgan fingerprint density at radius 2 is 1.52 bits per heavy atom. The predicted molar refractivity (Wildman–Crippen MR) is 113 cm³/mol. The summed E-state index contributed by atoms with van der Waals surface area (Å²) < 4.78 is 27.8. The molecule has 1 saturated heterocycles. The van der Waals surface area contributed by atoms with Gasteiger partial charge in [0.05, 0.1) is 16.0 Å². The molecule has 31 heavy (non-hydrogen) atoms. The Bertz CT molecular complexity index is 1100. The highest BCUT2D eigenvalue weighted by Gasteiger charge is 2.37. The second-order valence-electron chi connectivity index (χ2n) is 7.83. The lowest BCUT2D eigenvalue weighted by atomic mass is 10.1. The number of carbonyl (C=O) groups is 3. The number of amides is 3. The van der Waals surface area contributed by atoms with Gasteiger partial charge in [0.1, 0.15) is 6.54 Å². The van der Waals surface area contributed by atoms with Crippen molar-refractivity contribution >= 4 is 27.7 Å². The van der Waals surface area contributed by atoms with E-state index in [2.05, 4.69) is 4.72 Å². The smallest absolute Gasteiger partial charge is 0.262 e. The monoisotopic (exact) mass is 441 g/mol. The van der Waals surface area contributed by atoms with Crippen molar-refractivity contribution < 1.29 is 22.8 Å². The summed E-state index contributed by atoms with van der Waals surface area (Å²) in [5.74, 6) is -1.25. The molecule has 0 saturated carbocycles. The molecule has 1 fully saturated rings. The molecule has 8 nitrogen and oxygen atoms in total. The Balaban J connectivity index is 1.33. The maximum atomic E-state index is 12.7. The minimum atomic E-state index is -3.63. The first-order valence-corrected chi connectivity index (χ1v) is 11.6. The molecule has 162 valence electrons. The average molecular weight is 442 g/mol. The molecule has 0 unspecified atom stereocenters. The highest BCUT2D eigenvalue weighted by Crippen LogP contribution is 2.23. The van der Waals surface area contributed by atoms with E-state index in [1.54, 1.807) is 53.4 Å². The zero-order valence-corrected chi connectivity index (χ0v) is 17.9. The minimum absolute atomic E-state index is 0.210. The number of imide groups is 1. The van der Waals surface area contributed by atoms with Crippen LogP contribution in [0.25, 0.3) is 0 Å². The Morgan fingerprint density at radius 1 is 0.968 bits per heavy atom. The number of fused-ring (bicyclic) bond motifs is 1. The van der Waals surface area contributed by atoms with Gasteiger partial charge in [-0.05, 0) is 44.0 Å². The van der Waals surface area contributed by atoms with Gasteiger partial charge >= 0.3 is 0 Å². The molecule has 9 heteroatoms. The maximum Gasteiger partial charge on any atom is 0.262 e. The number of carbonyl (C=O) groups excluding carboxylic acids is 3. The normalized spacial score (nSPS) is 17.2. The van der Waals surface area contributed by atoms with Crippen LogP contribution >= 0.6 is 0 Å². The average Bonchev–Trinajstić information content (AvgIpc) is 2.99. The van der Waals surface area contributed by atoms with E-state index in [4.69, 9.17) is 0 Å². The molecule has 2 aliphatic heterocycles. The highest BCUT2D eigenvalue weighted by molar-refractivity contribution is 7.89. The van der Waals surface area contributed by atoms with Gasteiger partial charge in [0.25, 0.3) is 11.8 Å². The van der Waals surface area contributed by atoms with E-state index in [-0.39, 0.29) is 23.4 Å². The fourth-order valence-electron chi connectivity index (χ4n) is 3.87. The lowest BCUT2D eigenvalue weighted by molar-refractivity contribution is -0.132. The number of hydrogen-bond donors (Lipinski definition) is 1. The van der Waals surface area contributed by atoms with E-state index in [1.165, 1.54) is 0 Å². The lowest BCUT2D eigenvalue weighted by Gasteiger charge is -2.33. The molecule has 2 aliphatic rings. The number of piperidine rings is 1. The highest BCUT2D eigenvalue weighted by atomic mass is 32.2. The van der Waals surface area contributed by atoms with Crippen molar-refractivity contribution in [2.45, 2.75) is 30.7 Å². The van der Waals surface area contributed by atoms with Crippen molar-refractivity contribution in [3.8, 4) is 0 Å². The van der Waals surface area contributed by atoms with Crippen molar-refractivity contribution in [3.63, 3.8) is 0 Å². The van der Waals surface area contributed by atoms with Gasteiger partial charge in [0.15, 0.2) is 0 Å². The Labute approximate surface area is 180 Å². The summed E-state index contributed by atoms with van der Waals surface area (Å²) in [5, 5.41) is 0. The van der Waals surface area contributed by atoms with Gasteiger partial charge in [-0.2, -0.15) is 0 Å². The molecule has 0 aliphatic carbocycles. The third-order valence-corrected chi connectivity index (χ3v) is 7.21. The van der Waals surface area contributed by atoms with Gasteiger partial charge in [-0.3, -0.25) is 19.3 Å². The Hall–Kier alpha value is -3.04. The van der Waals surface area contributed by atoms with Crippen LogP contribution in [-0.4, -0.2) is 61.6 Å². The van der Waals surface area contributed by atoms with Crippen molar-refractivity contribution in [3.05, 3.63) is 65.2 Å². The van der Waals surface area contributed by atoms with Gasteiger partial charge in [0, 0.05) is 19.1 Å². The fraction of sp³-hybridized carbons (Fsp3) is 0.318. The van der Waals surface area contributed by atoms with Crippen LogP contribution in [0.2, 0.25) is 0 Å². The molecule has 0 atom stereocenters. The van der Waals surface area contributed by atoms with E-state index in [0.29, 0.717) is 37.1 Å². The van der Waals surface area contributed by atoms with Crippen LogP contribution in [0.3, 0.4) is 0 Å². The number of likely N-dealkylation sites (tertiary alicyclic amines) is 1. The summed E-state index contributed by atoms with van der Waals surface area (Å²) >= 11 is 0. The molecule has 1 N–H and O–H groups in total. The predicted octanol–water partition coefficient (Wildman–Crippen LogP) is 1.56. The summed E-state index contributed by atoms with van der Waals surface area (Å²) in [5.41, 5.74) is 1.60. The first-order valence-electron chi connectivity index (χ1n) is 10.1. The zero-order chi connectivity index (χ0) is 22.2. The van der Waals surface area contributed by atoms with Crippen molar-refractivity contribution in [2.24, 2.45) is 0 Å². The van der Waals surface area contributed by atoms with Crippen LogP contribution in [-0.2, 0) is 14.8 Å². The third-order valence-electron chi connectivity index (χ3n) is 5.67. The van der Waals surface area contributed by atoms with Crippen LogP contribution < -0.4 is 4.72 Å². The first-order chi connectivity index (χ1) is 14.8. The number of aryl methyl sites for hydroxylation is 1. The summed E-state index contributed by atoms with van der Waals surface area (Å²) in [4.78, 5) is 40.3. The molecule has 2 heterocycles. The van der Waals surface area contributed by atoms with Gasteiger partial charge in [-0.15, -0.1) is 0 Å². The molecule has 0 bridgehead atoms. The van der Waals surface area contributed by atoms with Crippen molar-refractivity contribution in [2.75, 3.05) is 19.6 Å². The summed E-state index contributed by atoms with van der Waals surface area (Å²) in [6, 6.07) is 12.9. The Morgan fingerprint density at radius 3 is 2.06 bits per heavy atom. The quantitative estimate of drug-likeness (QED) is 0.710. The van der Waals surface area contributed by atoms with Crippen LogP contribution in [0.5, 0.6) is 0 Å². The van der Waals surface area contributed by atoms with Crippen LogP contribution in [0.4, 0.5) is 0 Å². The largest absolute Gasteiger partial charge is 0.341 e. The molecule has 0 spiro atoms. The minimum Gasteiger partial charge on any atom is -0.341 e. The Kier molecular flexibility index (Phi) is 5.63. The third kappa shape index (κ3) is 4.24. The molecule has 2 aromatic carbocycles. The summed E-state index contributed by atoms with van der Waals surface area (Å²) in [6.45, 7) is 2.27. The SMILES string of the molecule is Cc1ccc(S(=O)(=O)NC2CCN(C(=O)CN3C(=O)c4ccccc4C3=O)CC2)cc1. The number of rotatable bonds is 5. The van der Waals surface area contributed by atoms with Crippen molar-refractivity contribution in [1.29, 1.82) is 0 Å². The van der Waals surface area contributed by atoms with Gasteiger partial charge in [-0.1, -0.05) is 29.8 Å². The second-order valence-corrected chi connectivity index (χ2v) is 9.55. The summed E-state index contributed by atoms with van der Waals surface area (Å²) in [7, 11) is -3.63. The van der Waals surface area contributed by atoms with Crippen molar-refractivity contribution in [1.82, 2.24) is 14.5 Å². The van der Waals surface area contributed by atoms with Gasteiger partial charge in [-0.25, -0.2) is 13.1 Å². The molecule has 3 amide bonds. The number of hydrogen-bond acceptors (Lipinski definition) is 5. The zero-order valence-electron chi connectivity index (χ0n) is 17.1. The van der Waals surface area contributed by atoms with Gasteiger partial charge < -0.3 is 4.90 Å². The number of nitrogens with one attached hydrogen (secondary N) is 1. The van der Waals surface area contributed by atoms with Crippen LogP contribution in [0, 0.1) is 6.92 Å². The van der Waals surface area contributed by atoms with Gasteiger partial charge in [0.2, 0.25) is 15.9 Å². The molecule has 0 radical (unpaired) electrons. The molecular weight excluding hydrogens is 418 g/mol. The molecule has 2 aromatic rings. The molecular formula is C22H23N3O5S. The number of nitrogens with zero attached hydrogens (tertiary/aromatic N) is 2. The standard InChI is InChI=1S/C22H23N3O5S/c1-15-6-8-17(9-7-15)31(29,30)23-16-10-12-24(13-11-16)20(26)14-25-21(27)18-4-2-3-5-19(18)22(25)28/h2-9,16,23H,10-14H2,1H3. The molecule has 0 aromatic heterocycles. The van der Waals surface area contributed by atoms with E-state index < -0.39 is 21.8 Å². The lowest BCUT2D eigenvalue weighted by Crippen LogP contribution is -2.49. The fourth-order valence-corrected chi connectivity index (χ4v) is 5.17. The number of benzene rings is 2. The topological polar surface area (TPSA) is 104 Å². The second kappa shape index (κ2) is 8.24.